The van der Waals surface area contributed by atoms with Crippen LogP contribution in [0.3, 0.4) is 0 Å². The Labute approximate surface area is 239 Å². The molecule has 1 aliphatic carbocycles. The monoisotopic (exact) mass is 572 g/mol. The van der Waals surface area contributed by atoms with Crippen molar-refractivity contribution < 1.29 is 18.7 Å². The van der Waals surface area contributed by atoms with E-state index in [1.807, 2.05) is 6.20 Å². The van der Waals surface area contributed by atoms with E-state index in [9.17, 15) is 4.79 Å². The average Bonchev–Trinajstić information content (AvgIpc) is 3.32. The predicted octanol–water partition coefficient (Wildman–Crippen LogP) is 2.48. The highest BCUT2D eigenvalue weighted by atomic mass is 19.1. The summed E-state index contributed by atoms with van der Waals surface area (Å²) in [7, 11) is 1.37. The van der Waals surface area contributed by atoms with Gasteiger partial charge in [0, 0.05) is 30.4 Å². The van der Waals surface area contributed by atoms with E-state index in [1.165, 1.54) is 48.2 Å². The predicted molar refractivity (Wildman–Crippen MR) is 146 cm³/mol. The molecular weight excluding hydrogens is 543 g/mol. The van der Waals surface area contributed by atoms with Gasteiger partial charge in [-0.25, -0.2) is 18.7 Å². The third-order valence-corrected chi connectivity index (χ3v) is 7.80. The molecule has 216 valence electrons. The summed E-state index contributed by atoms with van der Waals surface area (Å²) in [5.74, 6) is 0.176. The van der Waals surface area contributed by atoms with Crippen LogP contribution in [0.5, 0.6) is 5.75 Å². The second-order valence-electron chi connectivity index (χ2n) is 10.8. The number of ether oxygens (including phenoxy) is 2. The first-order chi connectivity index (χ1) is 20.6. The second-order valence-corrected chi connectivity index (χ2v) is 10.8. The number of tetrazole rings is 1. The Morgan fingerprint density at radius 2 is 2.07 bits per heavy atom. The number of aromatic nitrogens is 9. The number of benzene rings is 1. The Kier molecular flexibility index (Phi) is 6.82. The summed E-state index contributed by atoms with van der Waals surface area (Å²) >= 11 is 0. The summed E-state index contributed by atoms with van der Waals surface area (Å²) in [4.78, 5) is 17.9. The molecule has 0 spiro atoms. The van der Waals surface area contributed by atoms with Gasteiger partial charge in [0.2, 0.25) is 0 Å². The van der Waals surface area contributed by atoms with Crippen molar-refractivity contribution in [2.45, 2.75) is 44.7 Å². The maximum atomic E-state index is 15.1. The lowest BCUT2D eigenvalue weighted by molar-refractivity contribution is -0.0352. The van der Waals surface area contributed by atoms with Gasteiger partial charge in [0.05, 0.1) is 44.4 Å². The van der Waals surface area contributed by atoms with Crippen molar-refractivity contribution in [3.8, 4) is 11.4 Å². The van der Waals surface area contributed by atoms with E-state index in [1.54, 1.807) is 16.9 Å². The lowest BCUT2D eigenvalue weighted by atomic mass is 9.97. The SMILES string of the molecule is COc1ccc(-n2cnnn2)c(CNC(=O)c2cn(Cc3cn4cc(C5CC5)cc(CCC5COC5)c4n3)nn2)c1F. The molecule has 1 saturated carbocycles. The van der Waals surface area contributed by atoms with Crippen LogP contribution in [0.1, 0.15) is 58.1 Å². The van der Waals surface area contributed by atoms with E-state index in [-0.39, 0.29) is 23.6 Å². The van der Waals surface area contributed by atoms with Gasteiger partial charge in [0.25, 0.3) is 5.91 Å². The summed E-state index contributed by atoms with van der Waals surface area (Å²) in [6.45, 7) is 1.89. The van der Waals surface area contributed by atoms with Crippen molar-refractivity contribution in [3.05, 3.63) is 77.0 Å². The Hall–Kier alpha value is -4.72. The molecule has 7 rings (SSSR count). The highest BCUT2D eigenvalue weighted by Crippen LogP contribution is 2.40. The molecule has 0 radical (unpaired) electrons. The molecule has 13 nitrogen and oxygen atoms in total. The minimum Gasteiger partial charge on any atom is -0.494 e. The Balaban J connectivity index is 1.06. The topological polar surface area (TPSA) is 139 Å². The Bertz CT molecular complexity index is 1740. The van der Waals surface area contributed by atoms with Crippen molar-refractivity contribution >= 4 is 11.6 Å². The molecule has 2 aliphatic rings. The van der Waals surface area contributed by atoms with Crippen LogP contribution in [0.2, 0.25) is 0 Å². The molecule has 0 bridgehead atoms. The zero-order valence-electron chi connectivity index (χ0n) is 23.0. The lowest BCUT2D eigenvalue weighted by Gasteiger charge is -2.25. The number of amides is 1. The number of hydrogen-bond donors (Lipinski definition) is 1. The summed E-state index contributed by atoms with van der Waals surface area (Å²) in [5, 5.41) is 21.9. The largest absolute Gasteiger partial charge is 0.494 e. The molecule has 1 N–H and O–H groups in total. The van der Waals surface area contributed by atoms with Gasteiger partial charge in [-0.05, 0) is 65.3 Å². The van der Waals surface area contributed by atoms with Crippen molar-refractivity contribution in [1.29, 1.82) is 0 Å². The highest BCUT2D eigenvalue weighted by Gasteiger charge is 2.26. The standard InChI is InChI=1S/C28H29FN10O3/c1-41-25-7-6-24(39-16-31-34-36-39)22(26(25)29)9-30-28(40)23-13-38(35-33-23)12-21-11-37-10-20(18-4-5-18)8-19(27(37)32-21)3-2-17-14-42-15-17/h6-8,10-11,13,16-18H,2-5,9,12,14-15H2,1H3,(H,30,40). The number of nitrogens with zero attached hydrogens (tertiary/aromatic N) is 9. The van der Waals surface area contributed by atoms with Crippen LogP contribution in [0.25, 0.3) is 11.3 Å². The maximum Gasteiger partial charge on any atom is 0.273 e. The summed E-state index contributed by atoms with van der Waals surface area (Å²) in [6, 6.07) is 5.41. The number of carbonyl (C=O) groups excluding carboxylic acids is 1. The number of fused-ring (bicyclic) bond motifs is 1. The van der Waals surface area contributed by atoms with Crippen molar-refractivity contribution in [3.63, 3.8) is 0 Å². The molecule has 1 aromatic carbocycles. The Morgan fingerprint density at radius 1 is 1.19 bits per heavy atom. The van der Waals surface area contributed by atoms with Gasteiger partial charge in [0.1, 0.15) is 12.0 Å². The molecule has 1 saturated heterocycles. The first-order valence-corrected chi connectivity index (χ1v) is 13.9. The van der Waals surface area contributed by atoms with Crippen LogP contribution >= 0.6 is 0 Å². The minimum atomic E-state index is -0.619. The number of rotatable bonds is 11. The number of nitrogens with one attached hydrogen (secondary N) is 1. The number of pyridine rings is 1. The van der Waals surface area contributed by atoms with Gasteiger partial charge in [0.15, 0.2) is 17.3 Å². The first kappa shape index (κ1) is 26.2. The van der Waals surface area contributed by atoms with Gasteiger partial charge >= 0.3 is 0 Å². The first-order valence-electron chi connectivity index (χ1n) is 13.9. The van der Waals surface area contributed by atoms with Crippen LogP contribution in [0.4, 0.5) is 4.39 Å². The fourth-order valence-electron chi connectivity index (χ4n) is 5.26. The van der Waals surface area contributed by atoms with Crippen molar-refractivity contribution in [2.24, 2.45) is 5.92 Å². The fourth-order valence-corrected chi connectivity index (χ4v) is 5.26. The summed E-state index contributed by atoms with van der Waals surface area (Å²) in [6.07, 6.45) is 11.6. The fraction of sp³-hybridized carbons (Fsp3) is 0.393. The van der Waals surface area contributed by atoms with Gasteiger partial charge in [-0.1, -0.05) is 11.3 Å². The number of methoxy groups -OCH3 is 1. The average molecular weight is 573 g/mol. The molecule has 0 unspecified atom stereocenters. The summed E-state index contributed by atoms with van der Waals surface area (Å²) < 4.78 is 30.6. The Morgan fingerprint density at radius 3 is 2.81 bits per heavy atom. The zero-order chi connectivity index (χ0) is 28.6. The minimum absolute atomic E-state index is 0.0407. The molecule has 42 heavy (non-hydrogen) atoms. The van der Waals surface area contributed by atoms with E-state index < -0.39 is 11.7 Å². The van der Waals surface area contributed by atoms with Crippen LogP contribution < -0.4 is 10.1 Å². The number of carbonyl (C=O) groups is 1. The van der Waals surface area contributed by atoms with E-state index >= 15 is 4.39 Å². The molecule has 5 heterocycles. The number of hydrogen-bond acceptors (Lipinski definition) is 9. The summed E-state index contributed by atoms with van der Waals surface area (Å²) in [5.41, 5.74) is 5.02. The smallest absolute Gasteiger partial charge is 0.273 e. The van der Waals surface area contributed by atoms with Gasteiger partial charge in [-0.15, -0.1) is 10.2 Å². The normalized spacial score (nSPS) is 15.2. The van der Waals surface area contributed by atoms with E-state index in [2.05, 4.69) is 47.8 Å². The molecular formula is C28H29FN10O3. The molecule has 5 aromatic rings. The number of imidazole rings is 1. The quantitative estimate of drug-likeness (QED) is 0.253. The second kappa shape index (κ2) is 10.9. The van der Waals surface area contributed by atoms with Gasteiger partial charge in [-0.3, -0.25) is 4.79 Å². The zero-order valence-corrected chi connectivity index (χ0v) is 23.0. The van der Waals surface area contributed by atoms with Gasteiger partial charge < -0.3 is 19.2 Å². The number of halogens is 1. The maximum absolute atomic E-state index is 15.1. The van der Waals surface area contributed by atoms with E-state index in [0.29, 0.717) is 24.1 Å². The molecule has 1 aliphatic heterocycles. The third-order valence-electron chi connectivity index (χ3n) is 7.80. The van der Waals surface area contributed by atoms with Crippen molar-refractivity contribution in [2.75, 3.05) is 20.3 Å². The molecule has 1 amide bonds. The van der Waals surface area contributed by atoms with Crippen molar-refractivity contribution in [1.82, 2.24) is 49.9 Å². The van der Waals surface area contributed by atoms with Gasteiger partial charge in [-0.2, -0.15) is 0 Å². The van der Waals surface area contributed by atoms with Crippen LogP contribution in [0, 0.1) is 11.7 Å². The molecule has 4 aromatic heterocycles. The van der Waals surface area contributed by atoms with E-state index in [0.717, 1.165) is 37.4 Å². The third kappa shape index (κ3) is 5.20. The van der Waals surface area contributed by atoms with E-state index in [4.69, 9.17) is 14.5 Å². The van der Waals surface area contributed by atoms with Crippen LogP contribution in [0.15, 0.2) is 43.1 Å². The van der Waals surface area contributed by atoms with Crippen LogP contribution in [-0.4, -0.2) is 70.8 Å². The van der Waals surface area contributed by atoms with Crippen LogP contribution in [-0.2, 0) is 24.2 Å². The number of aryl methyl sites for hydroxylation is 1. The highest BCUT2D eigenvalue weighted by molar-refractivity contribution is 5.91. The molecule has 0 atom stereocenters. The molecule has 14 heteroatoms. The molecule has 2 fully saturated rings. The lowest BCUT2D eigenvalue weighted by Crippen LogP contribution is -2.27.